The van der Waals surface area contributed by atoms with Gasteiger partial charge in [0, 0.05) is 6.54 Å². The highest BCUT2D eigenvalue weighted by Crippen LogP contribution is 2.41. The Morgan fingerprint density at radius 2 is 1.90 bits per heavy atom. The molecule has 31 heavy (non-hydrogen) atoms. The van der Waals surface area contributed by atoms with Crippen LogP contribution in [0.3, 0.4) is 0 Å². The normalized spacial score (nSPS) is 22.9. The van der Waals surface area contributed by atoms with Gasteiger partial charge in [0.25, 0.3) is 0 Å². The van der Waals surface area contributed by atoms with Crippen LogP contribution in [0.4, 0.5) is 13.2 Å². The first-order chi connectivity index (χ1) is 14.6. The van der Waals surface area contributed by atoms with Crippen LogP contribution in [0.25, 0.3) is 0 Å². The maximum absolute atomic E-state index is 12.5. The lowest BCUT2D eigenvalue weighted by Gasteiger charge is -2.23. The van der Waals surface area contributed by atoms with Gasteiger partial charge < -0.3 is 20.5 Å². The molecule has 1 aliphatic heterocycles. The molecule has 2 aliphatic rings. The number of amides is 1. The molecule has 2 fully saturated rings. The topological polar surface area (TPSA) is 140 Å². The number of nitrogens with zero attached hydrogens (tertiary/aromatic N) is 3. The van der Waals surface area contributed by atoms with Gasteiger partial charge in [-0.05, 0) is 55.4 Å². The van der Waals surface area contributed by atoms with Gasteiger partial charge >= 0.3 is 12.1 Å². The van der Waals surface area contributed by atoms with E-state index in [0.717, 1.165) is 19.3 Å². The summed E-state index contributed by atoms with van der Waals surface area (Å²) in [4.78, 5) is 23.0. The predicted octanol–water partition coefficient (Wildman–Crippen LogP) is 2.05. The van der Waals surface area contributed by atoms with E-state index in [0.29, 0.717) is 24.5 Å². The lowest BCUT2D eigenvalue weighted by Crippen LogP contribution is -2.47. The Hall–Kier alpha value is -3.31. The van der Waals surface area contributed by atoms with Crippen molar-refractivity contribution in [1.29, 1.82) is 10.5 Å². The highest BCUT2D eigenvalue weighted by atomic mass is 19.4. The predicted molar refractivity (Wildman–Crippen MR) is 100 cm³/mol. The molecule has 8 nitrogen and oxygen atoms in total. The molecule has 1 saturated heterocycles. The first kappa shape index (κ1) is 24.0. The Labute approximate surface area is 176 Å². The van der Waals surface area contributed by atoms with E-state index < -0.39 is 18.2 Å². The number of rotatable bonds is 5. The van der Waals surface area contributed by atoms with E-state index in [1.165, 1.54) is 0 Å². The molecule has 3 N–H and O–H groups in total. The summed E-state index contributed by atoms with van der Waals surface area (Å²) in [6, 6.07) is 10.3. The fraction of sp³-hybridized carbons (Fsp3) is 0.500. The summed E-state index contributed by atoms with van der Waals surface area (Å²) in [7, 11) is 0. The molecule has 1 amide bonds. The summed E-state index contributed by atoms with van der Waals surface area (Å²) in [6.07, 6.45) is -2.61. The minimum Gasteiger partial charge on any atom is -0.493 e. The van der Waals surface area contributed by atoms with Crippen molar-refractivity contribution in [3.63, 3.8) is 0 Å². The number of ether oxygens (including phenoxy) is 1. The van der Waals surface area contributed by atoms with E-state index in [-0.39, 0.29) is 23.8 Å². The van der Waals surface area contributed by atoms with E-state index in [4.69, 9.17) is 30.9 Å². The Morgan fingerprint density at radius 3 is 2.42 bits per heavy atom. The zero-order valence-electron chi connectivity index (χ0n) is 16.4. The molecule has 0 bridgehead atoms. The summed E-state index contributed by atoms with van der Waals surface area (Å²) in [6.45, 7) is 1.14. The van der Waals surface area contributed by atoms with Crippen molar-refractivity contribution >= 4 is 11.9 Å². The van der Waals surface area contributed by atoms with Gasteiger partial charge in [-0.2, -0.15) is 23.7 Å². The lowest BCUT2D eigenvalue weighted by molar-refractivity contribution is -0.192. The zero-order chi connectivity index (χ0) is 23.2. The fourth-order valence-electron chi connectivity index (χ4n) is 3.27. The molecule has 0 aromatic heterocycles. The Bertz CT molecular complexity index is 876. The summed E-state index contributed by atoms with van der Waals surface area (Å²) >= 11 is 0. The number of nitrogens with two attached hydrogens (primary N) is 1. The molecule has 1 aliphatic carbocycles. The molecule has 1 heterocycles. The van der Waals surface area contributed by atoms with Gasteiger partial charge in [0.1, 0.15) is 11.8 Å². The molecule has 3 rings (SSSR count). The quantitative estimate of drug-likeness (QED) is 0.717. The molecular formula is C20H21F3N4O4. The largest absolute Gasteiger partial charge is 0.493 e. The van der Waals surface area contributed by atoms with E-state index in [9.17, 15) is 18.0 Å². The maximum atomic E-state index is 12.5. The average Bonchev–Trinajstić information content (AvgIpc) is 3.36. The zero-order valence-corrected chi connectivity index (χ0v) is 16.4. The monoisotopic (exact) mass is 438 g/mol. The van der Waals surface area contributed by atoms with Crippen LogP contribution in [0.2, 0.25) is 0 Å². The summed E-state index contributed by atoms with van der Waals surface area (Å²) in [5, 5.41) is 25.0. The van der Waals surface area contributed by atoms with Gasteiger partial charge in [-0.25, -0.2) is 4.79 Å². The molecule has 1 aromatic carbocycles. The van der Waals surface area contributed by atoms with Crippen molar-refractivity contribution in [2.75, 3.05) is 13.2 Å². The molecule has 0 unspecified atom stereocenters. The van der Waals surface area contributed by atoms with Crippen molar-refractivity contribution in [3.05, 3.63) is 29.8 Å². The van der Waals surface area contributed by atoms with Crippen LogP contribution >= 0.6 is 0 Å². The van der Waals surface area contributed by atoms with Crippen molar-refractivity contribution in [2.24, 2.45) is 17.6 Å². The highest BCUT2D eigenvalue weighted by Gasteiger charge is 2.47. The van der Waals surface area contributed by atoms with Gasteiger partial charge in [0.15, 0.2) is 0 Å². The summed E-state index contributed by atoms with van der Waals surface area (Å²) in [5.74, 6) is -1.76. The van der Waals surface area contributed by atoms with Gasteiger partial charge in [0.2, 0.25) is 5.91 Å². The molecule has 4 atom stereocenters. The van der Waals surface area contributed by atoms with E-state index in [2.05, 4.69) is 12.1 Å². The first-order valence-electron chi connectivity index (χ1n) is 9.47. The van der Waals surface area contributed by atoms with Crippen molar-refractivity contribution in [1.82, 2.24) is 4.90 Å². The lowest BCUT2D eigenvalue weighted by atomic mass is 10.1. The van der Waals surface area contributed by atoms with Gasteiger partial charge in [-0.1, -0.05) is 0 Å². The third kappa shape index (κ3) is 6.59. The van der Waals surface area contributed by atoms with Gasteiger partial charge in [-0.3, -0.25) is 4.79 Å². The number of benzene rings is 1. The molecule has 0 spiro atoms. The average molecular weight is 438 g/mol. The molecule has 1 saturated carbocycles. The summed E-state index contributed by atoms with van der Waals surface area (Å²) < 4.78 is 37.5. The standard InChI is InChI=1S/C18H20N4O2.C2HF3O2/c19-9-12-3-5-15(6-4-12)24-11-13-8-16(13)17(21)18(23)22-7-1-2-14(22)10-20;3-2(4,5)1(6)7/h3-6,13-14,16-17H,1-2,7-8,11,21H2;(H,6,7)/t13-,14+,16-,17+;/m1./s1. The van der Waals surface area contributed by atoms with E-state index in [1.54, 1.807) is 29.2 Å². The fourth-order valence-corrected chi connectivity index (χ4v) is 3.27. The van der Waals surface area contributed by atoms with Crippen molar-refractivity contribution in [2.45, 2.75) is 37.5 Å². The number of carbonyl (C=O) groups is 2. The minimum absolute atomic E-state index is 0.107. The van der Waals surface area contributed by atoms with Crippen molar-refractivity contribution in [3.8, 4) is 17.9 Å². The van der Waals surface area contributed by atoms with Gasteiger partial charge in [0.05, 0.1) is 30.4 Å². The SMILES string of the molecule is N#Cc1ccc(OC[C@H]2C[C@H]2[C@H](N)C(=O)N2CCC[C@H]2C#N)cc1.O=C(O)C(F)(F)F. The Kier molecular flexibility index (Phi) is 7.83. The summed E-state index contributed by atoms with van der Waals surface area (Å²) in [5.41, 5.74) is 6.72. The van der Waals surface area contributed by atoms with Crippen LogP contribution in [0.15, 0.2) is 24.3 Å². The number of nitriles is 2. The second-order valence-electron chi connectivity index (χ2n) is 7.25. The minimum atomic E-state index is -5.08. The van der Waals surface area contributed by atoms with Crippen LogP contribution in [0.1, 0.15) is 24.8 Å². The maximum Gasteiger partial charge on any atom is 0.490 e. The molecule has 11 heteroatoms. The third-order valence-electron chi connectivity index (χ3n) is 5.10. The number of aliphatic carboxylic acids is 1. The number of alkyl halides is 3. The number of hydrogen-bond donors (Lipinski definition) is 2. The Morgan fingerprint density at radius 1 is 1.29 bits per heavy atom. The number of hydrogen-bond acceptors (Lipinski definition) is 6. The molecule has 0 radical (unpaired) electrons. The molecule has 166 valence electrons. The van der Waals surface area contributed by atoms with Crippen molar-refractivity contribution < 1.29 is 32.6 Å². The van der Waals surface area contributed by atoms with Crippen LogP contribution in [-0.2, 0) is 9.59 Å². The van der Waals surface area contributed by atoms with Crippen LogP contribution in [-0.4, -0.2) is 53.3 Å². The van der Waals surface area contributed by atoms with E-state index in [1.807, 2.05) is 0 Å². The number of likely N-dealkylation sites (tertiary alicyclic amines) is 1. The third-order valence-corrected chi connectivity index (χ3v) is 5.10. The second kappa shape index (κ2) is 10.1. The van der Waals surface area contributed by atoms with Crippen LogP contribution in [0, 0.1) is 34.5 Å². The smallest absolute Gasteiger partial charge is 0.490 e. The van der Waals surface area contributed by atoms with Gasteiger partial charge in [-0.15, -0.1) is 0 Å². The number of carbonyl (C=O) groups excluding carboxylic acids is 1. The molecular weight excluding hydrogens is 417 g/mol. The number of halogens is 3. The highest BCUT2D eigenvalue weighted by molar-refractivity contribution is 5.83. The van der Waals surface area contributed by atoms with Crippen LogP contribution < -0.4 is 10.5 Å². The Balaban J connectivity index is 0.000000423. The number of carboxylic acid groups (broad SMARTS) is 1. The molecule has 1 aromatic rings. The van der Waals surface area contributed by atoms with Crippen LogP contribution in [0.5, 0.6) is 5.75 Å². The number of carboxylic acids is 1. The first-order valence-corrected chi connectivity index (χ1v) is 9.47. The second-order valence-corrected chi connectivity index (χ2v) is 7.25. The van der Waals surface area contributed by atoms with E-state index >= 15 is 0 Å².